The third kappa shape index (κ3) is 4.60. The summed E-state index contributed by atoms with van der Waals surface area (Å²) in [6.07, 6.45) is -1.53. The normalized spacial score (nSPS) is 18.0. The van der Waals surface area contributed by atoms with E-state index in [9.17, 15) is 4.79 Å². The second-order valence-electron chi connectivity index (χ2n) is 6.86. The van der Waals surface area contributed by atoms with Crippen LogP contribution < -0.4 is 10.6 Å². The summed E-state index contributed by atoms with van der Waals surface area (Å²) in [7, 11) is 1.87. The van der Waals surface area contributed by atoms with Crippen molar-refractivity contribution in [3.63, 3.8) is 0 Å². The highest BCUT2D eigenvalue weighted by Gasteiger charge is 2.33. The Morgan fingerprint density at radius 1 is 0.933 bits per heavy atom. The molecule has 2 unspecified atom stereocenters. The summed E-state index contributed by atoms with van der Waals surface area (Å²) in [5.41, 5.74) is 3.48. The van der Waals surface area contributed by atoms with E-state index >= 15 is 0 Å². The predicted molar refractivity (Wildman–Crippen MR) is 118 cm³/mol. The Morgan fingerprint density at radius 3 is 2.27 bits per heavy atom. The number of aliphatic imine (C=N–C) groups is 1. The Balaban J connectivity index is 1.54. The molecule has 1 aliphatic rings. The number of benzene rings is 3. The first-order chi connectivity index (χ1) is 14.7. The van der Waals surface area contributed by atoms with Crippen molar-refractivity contribution >= 4 is 23.4 Å². The van der Waals surface area contributed by atoms with Crippen molar-refractivity contribution < 1.29 is 14.3 Å². The zero-order valence-corrected chi connectivity index (χ0v) is 16.6. The van der Waals surface area contributed by atoms with Crippen LogP contribution in [0.15, 0.2) is 89.9 Å². The minimum absolute atomic E-state index is 0.310. The average Bonchev–Trinajstić information content (AvgIpc) is 2.80. The van der Waals surface area contributed by atoms with Crippen LogP contribution in [0.2, 0.25) is 0 Å². The number of rotatable bonds is 5. The van der Waals surface area contributed by atoms with Crippen molar-refractivity contribution in [3.05, 3.63) is 96.1 Å². The Morgan fingerprint density at radius 2 is 1.60 bits per heavy atom. The highest BCUT2D eigenvalue weighted by Crippen LogP contribution is 2.29. The largest absolute Gasteiger partial charge is 0.465 e. The van der Waals surface area contributed by atoms with Crippen LogP contribution in [0.3, 0.4) is 0 Å². The summed E-state index contributed by atoms with van der Waals surface area (Å²) < 4.78 is 11.9. The fourth-order valence-electron chi connectivity index (χ4n) is 3.27. The summed E-state index contributed by atoms with van der Waals surface area (Å²) in [6, 6.07) is 26.8. The summed E-state index contributed by atoms with van der Waals surface area (Å²) in [5, 5.41) is 5.84. The van der Waals surface area contributed by atoms with Crippen LogP contribution in [0.4, 0.5) is 16.2 Å². The van der Waals surface area contributed by atoms with Gasteiger partial charge in [0.15, 0.2) is 12.2 Å². The molecule has 1 aliphatic heterocycles. The Labute approximate surface area is 175 Å². The molecule has 2 N–H and O–H groups in total. The molecule has 3 aromatic carbocycles. The smallest absolute Gasteiger partial charge is 0.412 e. The Kier molecular flexibility index (Phi) is 5.94. The van der Waals surface area contributed by atoms with E-state index in [1.807, 2.05) is 79.8 Å². The molecule has 0 aliphatic carbocycles. The zero-order valence-electron chi connectivity index (χ0n) is 16.6. The van der Waals surface area contributed by atoms with Crippen LogP contribution in [0.5, 0.6) is 0 Å². The predicted octanol–water partition coefficient (Wildman–Crippen LogP) is 4.86. The molecule has 0 saturated carbocycles. The topological polar surface area (TPSA) is 72.0 Å². The van der Waals surface area contributed by atoms with Gasteiger partial charge in [0.1, 0.15) is 0 Å². The van der Waals surface area contributed by atoms with Gasteiger partial charge in [-0.15, -0.1) is 0 Å². The lowest BCUT2D eigenvalue weighted by Gasteiger charge is -2.31. The van der Waals surface area contributed by atoms with Crippen LogP contribution in [-0.2, 0) is 9.47 Å². The molecule has 4 rings (SSSR count). The lowest BCUT2D eigenvalue weighted by molar-refractivity contribution is 0.00996. The number of ether oxygens (including phenoxy) is 2. The van der Waals surface area contributed by atoms with Crippen LogP contribution in [0, 0.1) is 0 Å². The van der Waals surface area contributed by atoms with Gasteiger partial charge in [-0.25, -0.2) is 9.79 Å². The van der Waals surface area contributed by atoms with Gasteiger partial charge in [0, 0.05) is 24.0 Å². The number of hydrogen-bond donors (Lipinski definition) is 2. The van der Waals surface area contributed by atoms with Crippen molar-refractivity contribution in [1.82, 2.24) is 0 Å². The highest BCUT2D eigenvalue weighted by atomic mass is 16.6. The van der Waals surface area contributed by atoms with Gasteiger partial charge < -0.3 is 14.8 Å². The first-order valence-corrected chi connectivity index (χ1v) is 9.80. The number of amides is 1. The molecule has 1 heterocycles. The van der Waals surface area contributed by atoms with Crippen molar-refractivity contribution in [2.24, 2.45) is 4.99 Å². The molecular weight excluding hydrogens is 378 g/mol. The molecule has 30 heavy (non-hydrogen) atoms. The van der Waals surface area contributed by atoms with E-state index in [0.29, 0.717) is 18.1 Å². The van der Waals surface area contributed by atoms with E-state index in [-0.39, 0.29) is 0 Å². The number of carbonyl (C=O) groups excluding carboxylic acids is 1. The second kappa shape index (κ2) is 9.13. The van der Waals surface area contributed by atoms with Gasteiger partial charge in [-0.2, -0.15) is 0 Å². The molecule has 0 fully saturated rings. The quantitative estimate of drug-likeness (QED) is 0.640. The van der Waals surface area contributed by atoms with Gasteiger partial charge in [-0.05, 0) is 42.0 Å². The van der Waals surface area contributed by atoms with Crippen LogP contribution in [-0.4, -0.2) is 31.7 Å². The number of para-hydroxylation sites is 1. The van der Waals surface area contributed by atoms with Crippen LogP contribution in [0.25, 0.3) is 0 Å². The molecule has 6 heteroatoms. The number of anilines is 2. The molecule has 6 nitrogen and oxygen atoms in total. The average molecular weight is 401 g/mol. The lowest BCUT2D eigenvalue weighted by Crippen LogP contribution is -2.37. The van der Waals surface area contributed by atoms with Crippen molar-refractivity contribution in [3.8, 4) is 0 Å². The minimum atomic E-state index is -0.545. The fourth-order valence-corrected chi connectivity index (χ4v) is 3.27. The van der Waals surface area contributed by atoms with Crippen LogP contribution in [0.1, 0.15) is 17.2 Å². The first-order valence-electron chi connectivity index (χ1n) is 9.80. The van der Waals surface area contributed by atoms with E-state index in [2.05, 4.69) is 15.6 Å². The SMILES string of the molecule is CNc1ccc(C2=NCC(OC(=O)Nc3ccccc3)C(c3ccccc3)O2)cc1. The Bertz CT molecular complexity index is 1000. The fraction of sp³-hybridized carbons (Fsp3) is 0.167. The van der Waals surface area contributed by atoms with Gasteiger partial charge >= 0.3 is 6.09 Å². The van der Waals surface area contributed by atoms with Crippen molar-refractivity contribution in [1.29, 1.82) is 0 Å². The summed E-state index contributed by atoms with van der Waals surface area (Å²) in [4.78, 5) is 17.0. The van der Waals surface area contributed by atoms with E-state index in [1.54, 1.807) is 12.1 Å². The van der Waals surface area contributed by atoms with Gasteiger partial charge in [-0.3, -0.25) is 5.32 Å². The van der Waals surface area contributed by atoms with E-state index in [0.717, 1.165) is 16.8 Å². The number of carbonyl (C=O) groups is 1. The van der Waals surface area contributed by atoms with E-state index in [4.69, 9.17) is 9.47 Å². The van der Waals surface area contributed by atoms with E-state index in [1.165, 1.54) is 0 Å². The second-order valence-corrected chi connectivity index (χ2v) is 6.86. The molecule has 2 atom stereocenters. The molecule has 1 amide bonds. The third-order valence-electron chi connectivity index (χ3n) is 4.82. The standard InChI is InChI=1S/C24H23N3O3/c1-25-19-14-12-18(13-15-19)23-26-16-21(22(30-23)17-8-4-2-5-9-17)29-24(28)27-20-10-6-3-7-11-20/h2-15,21-22,25H,16H2,1H3,(H,27,28). The number of nitrogens with zero attached hydrogens (tertiary/aromatic N) is 1. The maximum absolute atomic E-state index is 12.4. The molecule has 0 radical (unpaired) electrons. The number of nitrogens with one attached hydrogen (secondary N) is 2. The van der Waals surface area contributed by atoms with Gasteiger partial charge in [0.05, 0.1) is 6.54 Å². The molecule has 0 spiro atoms. The van der Waals surface area contributed by atoms with E-state index < -0.39 is 18.3 Å². The van der Waals surface area contributed by atoms with Crippen LogP contribution >= 0.6 is 0 Å². The molecular formula is C24H23N3O3. The lowest BCUT2D eigenvalue weighted by atomic mass is 10.0. The van der Waals surface area contributed by atoms with Gasteiger partial charge in [-0.1, -0.05) is 48.5 Å². The maximum Gasteiger partial charge on any atom is 0.412 e. The summed E-state index contributed by atoms with van der Waals surface area (Å²) in [6.45, 7) is 0.310. The minimum Gasteiger partial charge on any atom is -0.465 e. The highest BCUT2D eigenvalue weighted by molar-refractivity contribution is 5.95. The van der Waals surface area contributed by atoms with Crippen molar-refractivity contribution in [2.45, 2.75) is 12.2 Å². The molecule has 152 valence electrons. The first kappa shape index (κ1) is 19.5. The van der Waals surface area contributed by atoms with Gasteiger partial charge in [0.2, 0.25) is 5.90 Å². The molecule has 3 aromatic rings. The Hall–Kier alpha value is -3.80. The molecule has 0 bridgehead atoms. The summed E-state index contributed by atoms with van der Waals surface area (Å²) >= 11 is 0. The molecule has 0 saturated heterocycles. The van der Waals surface area contributed by atoms with Crippen molar-refractivity contribution in [2.75, 3.05) is 24.2 Å². The molecule has 0 aromatic heterocycles. The zero-order chi connectivity index (χ0) is 20.8. The maximum atomic E-state index is 12.4. The third-order valence-corrected chi connectivity index (χ3v) is 4.82. The summed E-state index contributed by atoms with van der Waals surface area (Å²) in [5.74, 6) is 0.537. The van der Waals surface area contributed by atoms with Gasteiger partial charge in [0.25, 0.3) is 0 Å². The monoisotopic (exact) mass is 401 g/mol. The number of hydrogen-bond acceptors (Lipinski definition) is 5.